The molecule has 0 spiro atoms. The van der Waals surface area contributed by atoms with Crippen LogP contribution in [0.1, 0.15) is 5.56 Å². The molecule has 1 N–H and O–H groups in total. The highest BCUT2D eigenvalue weighted by Gasteiger charge is 2.08. The molecule has 0 fully saturated rings. The van der Waals surface area contributed by atoms with Gasteiger partial charge in [-0.2, -0.15) is 0 Å². The highest BCUT2D eigenvalue weighted by Crippen LogP contribution is 2.27. The Hall–Kier alpha value is -1.55. The second kappa shape index (κ2) is 3.22. The number of phenolic OH excluding ortho intramolecular Hbond substituents is 1. The number of hydrogen-bond donors (Lipinski definition) is 1. The van der Waals surface area contributed by atoms with Crippen molar-refractivity contribution in [3.05, 3.63) is 40.6 Å². The summed E-state index contributed by atoms with van der Waals surface area (Å²) in [5, 5.41) is 10.7. The lowest BCUT2D eigenvalue weighted by atomic mass is 10.1. The molecule has 2 aromatic heterocycles. The van der Waals surface area contributed by atoms with Crippen molar-refractivity contribution in [3.63, 3.8) is 0 Å². The Kier molecular flexibility index (Phi) is 1.94. The molecule has 0 unspecified atom stereocenters. The molecule has 3 rings (SSSR count). The van der Waals surface area contributed by atoms with Gasteiger partial charge in [-0.25, -0.2) is 4.98 Å². The van der Waals surface area contributed by atoms with Gasteiger partial charge in [0.05, 0.1) is 11.7 Å². The van der Waals surface area contributed by atoms with Gasteiger partial charge in [-0.05, 0) is 46.6 Å². The molecule has 0 aliphatic carbocycles. The third-order valence-corrected chi connectivity index (χ3v) is 3.30. The number of aryl methyl sites for hydroxylation is 1. The Morgan fingerprint density at radius 1 is 1.31 bits per heavy atom. The molecule has 80 valence electrons. The Labute approximate surface area is 100 Å². The van der Waals surface area contributed by atoms with Gasteiger partial charge in [0.2, 0.25) is 0 Å². The van der Waals surface area contributed by atoms with Crippen LogP contribution in [0.15, 0.2) is 35.1 Å². The minimum Gasteiger partial charge on any atom is -0.508 e. The van der Waals surface area contributed by atoms with Crippen molar-refractivity contribution in [1.29, 1.82) is 0 Å². The van der Waals surface area contributed by atoms with Gasteiger partial charge >= 0.3 is 0 Å². The molecule has 0 radical (unpaired) electrons. The molecule has 0 aliphatic heterocycles. The first-order valence-corrected chi connectivity index (χ1v) is 5.71. The summed E-state index contributed by atoms with van der Waals surface area (Å²) in [6.45, 7) is 2.04. The quantitative estimate of drug-likeness (QED) is 0.684. The summed E-state index contributed by atoms with van der Waals surface area (Å²) < 4.78 is 2.86. The van der Waals surface area contributed by atoms with E-state index in [1.54, 1.807) is 18.3 Å². The Morgan fingerprint density at radius 2 is 2.12 bits per heavy atom. The monoisotopic (exact) mass is 276 g/mol. The molecule has 4 heteroatoms. The van der Waals surface area contributed by atoms with E-state index in [1.165, 1.54) is 0 Å². The summed E-state index contributed by atoms with van der Waals surface area (Å²) in [6.07, 6.45) is 1.76. The van der Waals surface area contributed by atoms with Crippen LogP contribution >= 0.6 is 15.9 Å². The number of aromatic hydroxyl groups is 1. The van der Waals surface area contributed by atoms with Crippen molar-refractivity contribution in [3.8, 4) is 5.75 Å². The number of rotatable bonds is 0. The fourth-order valence-corrected chi connectivity index (χ4v) is 2.47. The molecular weight excluding hydrogens is 268 g/mol. The van der Waals surface area contributed by atoms with Crippen LogP contribution < -0.4 is 0 Å². The molecule has 0 atom stereocenters. The molecule has 0 bridgehead atoms. The lowest BCUT2D eigenvalue weighted by Gasteiger charge is -2.06. The molecule has 0 saturated carbocycles. The van der Waals surface area contributed by atoms with Crippen molar-refractivity contribution in [2.75, 3.05) is 0 Å². The average molecular weight is 277 g/mol. The maximum Gasteiger partial charge on any atom is 0.138 e. The fraction of sp³-hybridized carbons (Fsp3) is 0.0833. The van der Waals surface area contributed by atoms with Crippen molar-refractivity contribution < 1.29 is 5.11 Å². The molecule has 1 aromatic carbocycles. The summed E-state index contributed by atoms with van der Waals surface area (Å²) in [5.74, 6) is 0.264. The van der Waals surface area contributed by atoms with Gasteiger partial charge in [0.25, 0.3) is 0 Å². The van der Waals surface area contributed by atoms with Crippen molar-refractivity contribution in [1.82, 2.24) is 9.38 Å². The van der Waals surface area contributed by atoms with Gasteiger partial charge in [-0.3, -0.25) is 4.40 Å². The molecule has 16 heavy (non-hydrogen) atoms. The van der Waals surface area contributed by atoms with Gasteiger partial charge in [-0.1, -0.05) is 0 Å². The molecule has 0 saturated heterocycles. The number of imidazole rings is 1. The van der Waals surface area contributed by atoms with Crippen molar-refractivity contribution >= 4 is 32.5 Å². The van der Waals surface area contributed by atoms with E-state index < -0.39 is 0 Å². The normalized spacial score (nSPS) is 11.4. The van der Waals surface area contributed by atoms with E-state index in [9.17, 15) is 5.11 Å². The number of hydrogen-bond acceptors (Lipinski definition) is 2. The van der Waals surface area contributed by atoms with Crippen LogP contribution in [-0.4, -0.2) is 14.5 Å². The summed E-state index contributed by atoms with van der Waals surface area (Å²) in [4.78, 5) is 4.29. The molecule has 0 aliphatic rings. The van der Waals surface area contributed by atoms with E-state index in [-0.39, 0.29) is 5.75 Å². The zero-order valence-electron chi connectivity index (χ0n) is 8.61. The van der Waals surface area contributed by atoms with Crippen LogP contribution in [0.4, 0.5) is 0 Å². The Balaban J connectivity index is 2.64. The number of aromatic nitrogens is 2. The third kappa shape index (κ3) is 1.23. The van der Waals surface area contributed by atoms with Crippen LogP contribution in [0.25, 0.3) is 16.6 Å². The molecule has 2 heterocycles. The zero-order valence-corrected chi connectivity index (χ0v) is 10.2. The largest absolute Gasteiger partial charge is 0.508 e. The third-order valence-electron chi connectivity index (χ3n) is 2.74. The molecule has 3 nitrogen and oxygen atoms in total. The van der Waals surface area contributed by atoms with E-state index in [0.29, 0.717) is 0 Å². The first-order valence-electron chi connectivity index (χ1n) is 4.92. The first kappa shape index (κ1) is 9.66. The van der Waals surface area contributed by atoms with Gasteiger partial charge in [0.15, 0.2) is 0 Å². The summed E-state index contributed by atoms with van der Waals surface area (Å²) in [7, 11) is 0. The van der Waals surface area contributed by atoms with E-state index in [0.717, 1.165) is 26.7 Å². The van der Waals surface area contributed by atoms with Crippen molar-refractivity contribution in [2.45, 2.75) is 6.92 Å². The standard InChI is InChI=1S/C12H9BrN2O/c1-7-4-12-14-6-11(13)15(12)10-5-8(16)2-3-9(7)10/h2-6,16H,1H3. The number of benzene rings is 1. The summed E-state index contributed by atoms with van der Waals surface area (Å²) in [5.41, 5.74) is 2.99. The summed E-state index contributed by atoms with van der Waals surface area (Å²) >= 11 is 3.46. The van der Waals surface area contributed by atoms with E-state index in [1.807, 2.05) is 23.5 Å². The maximum atomic E-state index is 9.56. The van der Waals surface area contributed by atoms with Crippen LogP contribution in [0.5, 0.6) is 5.75 Å². The number of fused-ring (bicyclic) bond motifs is 3. The van der Waals surface area contributed by atoms with Crippen LogP contribution in [-0.2, 0) is 0 Å². The second-order valence-corrected chi connectivity index (χ2v) is 4.62. The average Bonchev–Trinajstić information content (AvgIpc) is 2.60. The van der Waals surface area contributed by atoms with Gasteiger partial charge in [0.1, 0.15) is 16.0 Å². The number of pyridine rings is 1. The predicted molar refractivity (Wildman–Crippen MR) is 66.8 cm³/mol. The van der Waals surface area contributed by atoms with Crippen LogP contribution in [0.2, 0.25) is 0 Å². The number of halogens is 1. The van der Waals surface area contributed by atoms with Crippen molar-refractivity contribution in [2.24, 2.45) is 0 Å². The van der Waals surface area contributed by atoms with Crippen LogP contribution in [0, 0.1) is 6.92 Å². The molecular formula is C12H9BrN2O. The van der Waals surface area contributed by atoms with E-state index in [4.69, 9.17) is 0 Å². The Morgan fingerprint density at radius 3 is 2.94 bits per heavy atom. The molecule has 3 aromatic rings. The van der Waals surface area contributed by atoms with Crippen LogP contribution in [0.3, 0.4) is 0 Å². The topological polar surface area (TPSA) is 37.5 Å². The summed E-state index contributed by atoms with van der Waals surface area (Å²) in [6, 6.07) is 7.41. The van der Waals surface area contributed by atoms with Gasteiger partial charge < -0.3 is 5.11 Å². The highest BCUT2D eigenvalue weighted by molar-refractivity contribution is 9.10. The Bertz CT molecular complexity index is 703. The maximum absolute atomic E-state index is 9.56. The molecule has 0 amide bonds. The smallest absolute Gasteiger partial charge is 0.138 e. The fourth-order valence-electron chi connectivity index (χ4n) is 1.99. The van der Waals surface area contributed by atoms with Gasteiger partial charge in [-0.15, -0.1) is 0 Å². The predicted octanol–water partition coefficient (Wildman–Crippen LogP) is 3.26. The first-order chi connectivity index (χ1) is 7.66. The lowest BCUT2D eigenvalue weighted by Crippen LogP contribution is -1.91. The zero-order chi connectivity index (χ0) is 11.3. The number of phenols is 1. The van der Waals surface area contributed by atoms with Gasteiger partial charge in [0, 0.05) is 11.5 Å². The minimum absolute atomic E-state index is 0.264. The highest BCUT2D eigenvalue weighted by atomic mass is 79.9. The minimum atomic E-state index is 0.264. The second-order valence-electron chi connectivity index (χ2n) is 3.80. The lowest BCUT2D eigenvalue weighted by molar-refractivity contribution is 0.476. The van der Waals surface area contributed by atoms with E-state index in [2.05, 4.69) is 20.9 Å². The number of nitrogens with zero attached hydrogens (tertiary/aromatic N) is 2. The van der Waals surface area contributed by atoms with E-state index >= 15 is 0 Å². The SMILES string of the molecule is Cc1cc2ncc(Br)n2c2cc(O)ccc12.